The number of nitrogens with zero attached hydrogens (tertiary/aromatic N) is 4. The van der Waals surface area contributed by atoms with Gasteiger partial charge >= 0.3 is 6.18 Å². The maximum Gasteiger partial charge on any atom is 0.451 e. The Hall–Kier alpha value is -1.93. The predicted molar refractivity (Wildman–Crippen MR) is 59.5 cm³/mol. The van der Waals surface area contributed by atoms with Crippen LogP contribution in [-0.4, -0.2) is 26.2 Å². The van der Waals surface area contributed by atoms with Gasteiger partial charge in [-0.05, 0) is 13.0 Å². The molecule has 1 aliphatic heterocycles. The maximum atomic E-state index is 13.3. The lowest BCUT2D eigenvalue weighted by Crippen LogP contribution is -2.32. The van der Waals surface area contributed by atoms with Gasteiger partial charge in [-0.3, -0.25) is 0 Å². The highest BCUT2D eigenvalue weighted by atomic mass is 19.4. The summed E-state index contributed by atoms with van der Waals surface area (Å²) in [7, 11) is 0. The Morgan fingerprint density at radius 2 is 1.85 bits per heavy atom. The van der Waals surface area contributed by atoms with Crippen molar-refractivity contribution < 1.29 is 22.0 Å². The highest BCUT2D eigenvalue weighted by molar-refractivity contribution is 5.17. The summed E-state index contributed by atoms with van der Waals surface area (Å²) in [5.41, 5.74) is 0. The van der Waals surface area contributed by atoms with E-state index in [1.54, 1.807) is 0 Å². The standard InChI is InChI=1S/C11H11F5N4/c1-2-7(12)8(13)5-19-3-4-20-9(6-19)17-18-10(20)11(14,15)16/h2,5H,3-4,6H2,1H3/b7-2+,8-5+. The summed E-state index contributed by atoms with van der Waals surface area (Å²) in [4.78, 5) is 1.35. The van der Waals surface area contributed by atoms with Gasteiger partial charge in [0.25, 0.3) is 0 Å². The monoisotopic (exact) mass is 294 g/mol. The number of fused-ring (bicyclic) bond motifs is 1. The van der Waals surface area contributed by atoms with Crippen molar-refractivity contribution in [3.8, 4) is 0 Å². The van der Waals surface area contributed by atoms with E-state index < -0.39 is 23.7 Å². The third-order valence-electron chi connectivity index (χ3n) is 2.81. The van der Waals surface area contributed by atoms with Crippen molar-refractivity contribution in [2.45, 2.75) is 26.2 Å². The van der Waals surface area contributed by atoms with Crippen LogP contribution in [0.1, 0.15) is 18.6 Å². The molecule has 0 unspecified atom stereocenters. The van der Waals surface area contributed by atoms with Crippen LogP contribution in [0.5, 0.6) is 0 Å². The van der Waals surface area contributed by atoms with E-state index in [1.807, 2.05) is 0 Å². The predicted octanol–water partition coefficient (Wildman–Crippen LogP) is 2.80. The topological polar surface area (TPSA) is 34.0 Å². The minimum absolute atomic E-state index is 0.0432. The SMILES string of the molecule is C/C=C(F)\C(F)=C/N1CCn2c(nnc2C(F)(F)F)C1. The first-order valence-electron chi connectivity index (χ1n) is 5.75. The van der Waals surface area contributed by atoms with Crippen LogP contribution < -0.4 is 0 Å². The molecular formula is C11H11F5N4. The molecule has 9 heteroatoms. The fourth-order valence-electron chi connectivity index (χ4n) is 1.86. The first-order chi connectivity index (χ1) is 9.32. The van der Waals surface area contributed by atoms with E-state index in [2.05, 4.69) is 10.2 Å². The van der Waals surface area contributed by atoms with E-state index in [0.717, 1.165) is 16.8 Å². The number of halogens is 5. The summed E-state index contributed by atoms with van der Waals surface area (Å²) in [5, 5.41) is 6.53. The molecule has 20 heavy (non-hydrogen) atoms. The van der Waals surface area contributed by atoms with E-state index in [-0.39, 0.29) is 25.5 Å². The number of rotatable bonds is 2. The lowest BCUT2D eigenvalue weighted by Gasteiger charge is -2.26. The Balaban J connectivity index is 2.19. The molecule has 0 bridgehead atoms. The summed E-state index contributed by atoms with van der Waals surface area (Å²) in [6.07, 6.45) is -2.70. The molecule has 0 amide bonds. The molecule has 0 aromatic carbocycles. The summed E-state index contributed by atoms with van der Waals surface area (Å²) >= 11 is 0. The van der Waals surface area contributed by atoms with Gasteiger partial charge in [-0.1, -0.05) is 0 Å². The van der Waals surface area contributed by atoms with Crippen LogP contribution in [0.3, 0.4) is 0 Å². The van der Waals surface area contributed by atoms with Gasteiger partial charge in [-0.2, -0.15) is 13.2 Å². The second-order valence-electron chi connectivity index (χ2n) is 4.17. The second-order valence-corrected chi connectivity index (χ2v) is 4.17. The fraction of sp³-hybridized carbons (Fsp3) is 0.455. The van der Waals surface area contributed by atoms with Gasteiger partial charge in [-0.25, -0.2) is 8.78 Å². The normalized spacial score (nSPS) is 17.4. The van der Waals surface area contributed by atoms with Gasteiger partial charge in [0.1, 0.15) is 0 Å². The van der Waals surface area contributed by atoms with Crippen LogP contribution >= 0.6 is 0 Å². The van der Waals surface area contributed by atoms with Crippen LogP contribution in [0.4, 0.5) is 22.0 Å². The fourth-order valence-corrected chi connectivity index (χ4v) is 1.86. The average molecular weight is 294 g/mol. The molecule has 0 saturated heterocycles. The molecule has 4 nitrogen and oxygen atoms in total. The van der Waals surface area contributed by atoms with Gasteiger partial charge in [0, 0.05) is 19.3 Å². The number of aromatic nitrogens is 3. The molecule has 0 spiro atoms. The molecule has 0 radical (unpaired) electrons. The highest BCUT2D eigenvalue weighted by Crippen LogP contribution is 2.29. The van der Waals surface area contributed by atoms with Crippen LogP contribution in [0.25, 0.3) is 0 Å². The van der Waals surface area contributed by atoms with E-state index in [1.165, 1.54) is 11.8 Å². The van der Waals surface area contributed by atoms with Gasteiger partial charge in [-0.15, -0.1) is 10.2 Å². The second kappa shape index (κ2) is 5.22. The number of hydrogen-bond acceptors (Lipinski definition) is 3. The summed E-state index contributed by atoms with van der Waals surface area (Å²) in [5.74, 6) is -3.10. The number of allylic oxidation sites excluding steroid dienone is 3. The first-order valence-corrected chi connectivity index (χ1v) is 5.75. The number of alkyl halides is 3. The van der Waals surface area contributed by atoms with Crippen LogP contribution in [0.2, 0.25) is 0 Å². The third kappa shape index (κ3) is 2.81. The molecule has 0 aliphatic carbocycles. The average Bonchev–Trinajstić information content (AvgIpc) is 2.80. The molecule has 0 atom stereocenters. The summed E-state index contributed by atoms with van der Waals surface area (Å²) in [6.45, 7) is 1.34. The van der Waals surface area contributed by atoms with E-state index in [9.17, 15) is 22.0 Å². The Labute approximate surface area is 111 Å². The van der Waals surface area contributed by atoms with E-state index in [0.29, 0.717) is 0 Å². The molecule has 110 valence electrons. The Kier molecular flexibility index (Phi) is 3.78. The zero-order chi connectivity index (χ0) is 14.9. The summed E-state index contributed by atoms with van der Waals surface area (Å²) < 4.78 is 65.0. The van der Waals surface area contributed by atoms with Crippen LogP contribution in [0.15, 0.2) is 23.9 Å². The maximum absolute atomic E-state index is 13.3. The van der Waals surface area contributed by atoms with Gasteiger partial charge in [0.2, 0.25) is 5.82 Å². The smallest absolute Gasteiger partial charge is 0.366 e. The molecular weight excluding hydrogens is 283 g/mol. The Morgan fingerprint density at radius 1 is 1.15 bits per heavy atom. The zero-order valence-corrected chi connectivity index (χ0v) is 10.5. The van der Waals surface area contributed by atoms with Gasteiger partial charge in [0.05, 0.1) is 6.54 Å². The van der Waals surface area contributed by atoms with Crippen molar-refractivity contribution in [1.29, 1.82) is 0 Å². The molecule has 1 aromatic rings. The third-order valence-corrected chi connectivity index (χ3v) is 2.81. The van der Waals surface area contributed by atoms with Crippen molar-refractivity contribution in [3.05, 3.63) is 35.6 Å². The minimum Gasteiger partial charge on any atom is -0.366 e. The van der Waals surface area contributed by atoms with Gasteiger partial charge in [0.15, 0.2) is 17.5 Å². The molecule has 2 rings (SSSR count). The molecule has 1 aromatic heterocycles. The minimum atomic E-state index is -4.58. The van der Waals surface area contributed by atoms with Crippen molar-refractivity contribution in [3.63, 3.8) is 0 Å². The molecule has 1 aliphatic rings. The highest BCUT2D eigenvalue weighted by Gasteiger charge is 2.39. The van der Waals surface area contributed by atoms with Crippen LogP contribution in [0, 0.1) is 0 Å². The van der Waals surface area contributed by atoms with Crippen molar-refractivity contribution >= 4 is 0 Å². The van der Waals surface area contributed by atoms with E-state index >= 15 is 0 Å². The largest absolute Gasteiger partial charge is 0.451 e. The molecule has 0 N–H and O–H groups in total. The van der Waals surface area contributed by atoms with E-state index in [4.69, 9.17) is 0 Å². The first kappa shape index (κ1) is 14.5. The lowest BCUT2D eigenvalue weighted by molar-refractivity contribution is -0.147. The molecule has 0 saturated carbocycles. The van der Waals surface area contributed by atoms with Crippen molar-refractivity contribution in [2.24, 2.45) is 0 Å². The Bertz CT molecular complexity index is 558. The van der Waals surface area contributed by atoms with Crippen LogP contribution in [-0.2, 0) is 19.3 Å². The van der Waals surface area contributed by atoms with Gasteiger partial charge < -0.3 is 9.47 Å². The molecule has 2 heterocycles. The van der Waals surface area contributed by atoms with Crippen molar-refractivity contribution in [2.75, 3.05) is 6.54 Å². The Morgan fingerprint density at radius 3 is 2.45 bits per heavy atom. The van der Waals surface area contributed by atoms with Crippen molar-refractivity contribution in [1.82, 2.24) is 19.7 Å². The quantitative estimate of drug-likeness (QED) is 0.621. The lowest BCUT2D eigenvalue weighted by atomic mass is 10.3. The molecule has 0 fully saturated rings. The zero-order valence-electron chi connectivity index (χ0n) is 10.5. The summed E-state index contributed by atoms with van der Waals surface area (Å²) in [6, 6.07) is 0. The number of hydrogen-bond donors (Lipinski definition) is 0.